The third kappa shape index (κ3) is 2.82. The zero-order valence-electron chi connectivity index (χ0n) is 12.1. The van der Waals surface area contributed by atoms with Crippen LogP contribution in [0.3, 0.4) is 0 Å². The number of aromatic amines is 1. The number of carbonyl (C=O) groups is 1. The minimum Gasteiger partial charge on any atom is -0.341 e. The predicted molar refractivity (Wildman–Crippen MR) is 84.7 cm³/mol. The number of amides is 1. The maximum atomic E-state index is 13.7. The van der Waals surface area contributed by atoms with E-state index in [0.717, 1.165) is 0 Å². The topological polar surface area (TPSA) is 41.0 Å². The highest BCUT2D eigenvalue weighted by atomic mass is 35.5. The van der Waals surface area contributed by atoms with E-state index in [2.05, 4.69) is 4.98 Å². The van der Waals surface area contributed by atoms with Gasteiger partial charge in [0.2, 0.25) is 5.91 Å². The van der Waals surface area contributed by atoms with Crippen molar-refractivity contribution >= 4 is 40.8 Å². The van der Waals surface area contributed by atoms with Gasteiger partial charge in [0.15, 0.2) is 4.77 Å². The number of aromatic nitrogens is 2. The molecule has 0 aliphatic carbocycles. The van der Waals surface area contributed by atoms with Crippen LogP contribution in [-0.4, -0.2) is 33.4 Å². The number of benzene rings is 1. The monoisotopic (exact) mass is 329 g/mol. The number of fused-ring (bicyclic) bond motifs is 1. The lowest BCUT2D eigenvalue weighted by atomic mass is 10.2. The van der Waals surface area contributed by atoms with E-state index in [0.29, 0.717) is 28.9 Å². The van der Waals surface area contributed by atoms with Crippen LogP contribution in [0, 0.1) is 10.6 Å². The molecular formula is C14H17ClFN3OS. The molecule has 0 bridgehead atoms. The quantitative estimate of drug-likeness (QED) is 0.864. The van der Waals surface area contributed by atoms with Gasteiger partial charge in [-0.2, -0.15) is 0 Å². The highest BCUT2D eigenvalue weighted by Gasteiger charge is 2.22. The summed E-state index contributed by atoms with van der Waals surface area (Å²) in [6.07, 6.45) is 0. The van der Waals surface area contributed by atoms with Gasteiger partial charge < -0.3 is 14.5 Å². The summed E-state index contributed by atoms with van der Waals surface area (Å²) >= 11 is 11.0. The van der Waals surface area contributed by atoms with Crippen LogP contribution in [0.5, 0.6) is 0 Å². The Balaban J connectivity index is 2.56. The molecule has 0 aliphatic rings. The molecule has 0 radical (unpaired) electrons. The fourth-order valence-corrected chi connectivity index (χ4v) is 2.95. The number of hydrogen-bond acceptors (Lipinski definition) is 2. The van der Waals surface area contributed by atoms with Gasteiger partial charge in [-0.1, -0.05) is 11.6 Å². The van der Waals surface area contributed by atoms with Crippen LogP contribution in [-0.2, 0) is 4.79 Å². The first-order valence-corrected chi connectivity index (χ1v) is 7.57. The third-order valence-electron chi connectivity index (χ3n) is 3.58. The molecule has 4 nitrogen and oxygen atoms in total. The van der Waals surface area contributed by atoms with E-state index >= 15 is 0 Å². The van der Waals surface area contributed by atoms with Gasteiger partial charge in [-0.3, -0.25) is 4.79 Å². The number of carbonyl (C=O) groups excluding carboxylic acids is 1. The lowest BCUT2D eigenvalue weighted by Crippen LogP contribution is -2.36. The molecule has 21 heavy (non-hydrogen) atoms. The molecule has 114 valence electrons. The number of imidazole rings is 1. The average molecular weight is 330 g/mol. The van der Waals surface area contributed by atoms with Crippen molar-refractivity contribution in [1.82, 2.24) is 14.5 Å². The second-order valence-corrected chi connectivity index (χ2v) is 5.56. The van der Waals surface area contributed by atoms with E-state index in [9.17, 15) is 9.18 Å². The Morgan fingerprint density at radius 3 is 2.67 bits per heavy atom. The Bertz CT molecular complexity index is 736. The summed E-state index contributed by atoms with van der Waals surface area (Å²) in [6.45, 7) is 6.84. The van der Waals surface area contributed by atoms with E-state index in [1.807, 2.05) is 13.8 Å². The van der Waals surface area contributed by atoms with Crippen LogP contribution in [0.4, 0.5) is 4.39 Å². The maximum Gasteiger partial charge on any atom is 0.245 e. The Hall–Kier alpha value is -1.40. The Labute approximate surface area is 132 Å². The van der Waals surface area contributed by atoms with E-state index in [4.69, 9.17) is 23.8 Å². The van der Waals surface area contributed by atoms with Gasteiger partial charge in [0, 0.05) is 19.2 Å². The number of rotatable bonds is 4. The molecule has 0 spiro atoms. The highest BCUT2D eigenvalue weighted by molar-refractivity contribution is 7.71. The minimum absolute atomic E-state index is 0.0219. The molecule has 1 unspecified atom stereocenters. The lowest BCUT2D eigenvalue weighted by Gasteiger charge is -2.24. The molecular weight excluding hydrogens is 313 g/mol. The molecule has 2 rings (SSSR count). The minimum atomic E-state index is -0.533. The lowest BCUT2D eigenvalue weighted by molar-refractivity contribution is -0.133. The molecule has 0 saturated carbocycles. The van der Waals surface area contributed by atoms with Crippen LogP contribution in [0.25, 0.3) is 11.0 Å². The molecule has 1 heterocycles. The largest absolute Gasteiger partial charge is 0.341 e. The number of likely N-dealkylation sites (N-methyl/N-ethyl adjacent to an activating group) is 1. The molecule has 0 fully saturated rings. The SMILES string of the molecule is CCN(CC)C(=O)C(C)n1c(=S)[nH]c2cc(Cl)c(F)cc21. The summed E-state index contributed by atoms with van der Waals surface area (Å²) in [7, 11) is 0. The Kier molecular flexibility index (Phi) is 4.68. The second-order valence-electron chi connectivity index (χ2n) is 4.77. The maximum absolute atomic E-state index is 13.7. The number of nitrogens with one attached hydrogen (secondary N) is 1. The zero-order valence-corrected chi connectivity index (χ0v) is 13.7. The third-order valence-corrected chi connectivity index (χ3v) is 4.17. The summed E-state index contributed by atoms with van der Waals surface area (Å²) in [5.74, 6) is -0.582. The Morgan fingerprint density at radius 1 is 1.48 bits per heavy atom. The average Bonchev–Trinajstić information content (AvgIpc) is 2.75. The first-order valence-electron chi connectivity index (χ1n) is 6.78. The number of hydrogen-bond donors (Lipinski definition) is 1. The first kappa shape index (κ1) is 16.0. The fourth-order valence-electron chi connectivity index (χ4n) is 2.42. The van der Waals surface area contributed by atoms with E-state index in [-0.39, 0.29) is 10.9 Å². The summed E-state index contributed by atoms with van der Waals surface area (Å²) < 4.78 is 15.7. The standard InChI is InChI=1S/C14H17ClFN3OS/c1-4-18(5-2)13(20)8(3)19-12-7-10(16)9(15)6-11(12)17-14(19)21/h6-8H,4-5H2,1-3H3,(H,17,21). The number of H-pyrrole nitrogens is 1. The van der Waals surface area contributed by atoms with Crippen molar-refractivity contribution in [3.05, 3.63) is 27.7 Å². The first-order chi connectivity index (χ1) is 9.90. The second kappa shape index (κ2) is 6.15. The summed E-state index contributed by atoms with van der Waals surface area (Å²) in [5.41, 5.74) is 1.15. The van der Waals surface area contributed by atoms with Crippen LogP contribution >= 0.6 is 23.8 Å². The van der Waals surface area contributed by atoms with Crippen LogP contribution in [0.1, 0.15) is 26.8 Å². The molecule has 0 saturated heterocycles. The number of halogens is 2. The van der Waals surface area contributed by atoms with Gasteiger partial charge in [0.1, 0.15) is 11.9 Å². The molecule has 1 aromatic heterocycles. The van der Waals surface area contributed by atoms with Crippen molar-refractivity contribution in [3.8, 4) is 0 Å². The van der Waals surface area contributed by atoms with Crippen LogP contribution < -0.4 is 0 Å². The van der Waals surface area contributed by atoms with Gasteiger partial charge >= 0.3 is 0 Å². The molecule has 1 aromatic carbocycles. The van der Waals surface area contributed by atoms with Crippen LogP contribution in [0.15, 0.2) is 12.1 Å². The molecule has 0 aliphatic heterocycles. The van der Waals surface area contributed by atoms with E-state index in [1.165, 1.54) is 12.1 Å². The Morgan fingerprint density at radius 2 is 2.10 bits per heavy atom. The van der Waals surface area contributed by atoms with Crippen molar-refractivity contribution in [3.63, 3.8) is 0 Å². The molecule has 1 atom stereocenters. The van der Waals surface area contributed by atoms with Gasteiger partial charge in [0.05, 0.1) is 16.1 Å². The van der Waals surface area contributed by atoms with Gasteiger partial charge in [0.25, 0.3) is 0 Å². The summed E-state index contributed by atoms with van der Waals surface area (Å²) in [6, 6.07) is 2.27. The smallest absolute Gasteiger partial charge is 0.245 e. The van der Waals surface area contributed by atoms with Crippen molar-refractivity contribution in [2.75, 3.05) is 13.1 Å². The summed E-state index contributed by atoms with van der Waals surface area (Å²) in [4.78, 5) is 17.2. The van der Waals surface area contributed by atoms with Crippen molar-refractivity contribution in [1.29, 1.82) is 0 Å². The normalized spacial score (nSPS) is 12.6. The van der Waals surface area contributed by atoms with E-state index in [1.54, 1.807) is 16.4 Å². The fraction of sp³-hybridized carbons (Fsp3) is 0.429. The van der Waals surface area contributed by atoms with Crippen molar-refractivity contribution in [2.24, 2.45) is 0 Å². The van der Waals surface area contributed by atoms with Crippen LogP contribution in [0.2, 0.25) is 5.02 Å². The van der Waals surface area contributed by atoms with Crippen molar-refractivity contribution < 1.29 is 9.18 Å². The zero-order chi connectivity index (χ0) is 15.7. The molecule has 1 N–H and O–H groups in total. The molecule has 1 amide bonds. The van der Waals surface area contributed by atoms with Crippen molar-refractivity contribution in [2.45, 2.75) is 26.8 Å². The van der Waals surface area contributed by atoms with Gasteiger partial charge in [-0.05, 0) is 39.1 Å². The van der Waals surface area contributed by atoms with Gasteiger partial charge in [-0.15, -0.1) is 0 Å². The molecule has 7 heteroatoms. The van der Waals surface area contributed by atoms with Gasteiger partial charge in [-0.25, -0.2) is 4.39 Å². The number of nitrogens with zero attached hydrogens (tertiary/aromatic N) is 2. The van der Waals surface area contributed by atoms with E-state index < -0.39 is 11.9 Å². The predicted octanol–water partition coefficient (Wildman–Crippen LogP) is 3.92. The highest BCUT2D eigenvalue weighted by Crippen LogP contribution is 2.25. The molecule has 2 aromatic rings. The summed E-state index contributed by atoms with van der Waals surface area (Å²) in [5, 5.41) is 0.0219.